The zero-order valence-electron chi connectivity index (χ0n) is 14.8. The van der Waals surface area contributed by atoms with Crippen LogP contribution in [-0.2, 0) is 36.0 Å². The van der Waals surface area contributed by atoms with Crippen molar-refractivity contribution >= 4 is 19.5 Å². The molecule has 2 atom stereocenters. The van der Waals surface area contributed by atoms with Gasteiger partial charge in [-0.1, -0.05) is 0 Å². The Balaban J connectivity index is 1.55. The Bertz CT molecular complexity index is 791. The normalized spacial score (nSPS) is 26.9. The van der Waals surface area contributed by atoms with Crippen LogP contribution in [0.2, 0.25) is 0 Å². The van der Waals surface area contributed by atoms with Crippen molar-refractivity contribution < 1.29 is 23.2 Å². The fourth-order valence-electron chi connectivity index (χ4n) is 3.40. The van der Waals surface area contributed by atoms with Gasteiger partial charge in [0, 0.05) is 0 Å². The molecule has 2 aromatic carbocycles. The van der Waals surface area contributed by atoms with E-state index in [2.05, 4.69) is 10.2 Å². The van der Waals surface area contributed by atoms with Gasteiger partial charge in [-0.05, 0) is 0 Å². The molecule has 2 fully saturated rings. The van der Waals surface area contributed by atoms with Crippen molar-refractivity contribution in [2.75, 3.05) is 7.11 Å². The van der Waals surface area contributed by atoms with E-state index in [0.717, 1.165) is 11.1 Å². The molecule has 0 amide bonds. The van der Waals surface area contributed by atoms with Crippen LogP contribution in [0.15, 0.2) is 60.7 Å². The van der Waals surface area contributed by atoms with E-state index in [1.54, 1.807) is 0 Å². The molecule has 2 aliphatic heterocycles. The average Bonchev–Trinajstić information content (AvgIpc) is 3.11. The Kier molecular flexibility index (Phi) is 4.48. The number of rotatable bonds is 5. The molecule has 2 aliphatic rings. The van der Waals surface area contributed by atoms with E-state index in [1.165, 1.54) is 7.11 Å². The van der Waals surface area contributed by atoms with Crippen LogP contribution < -0.4 is 10.2 Å². The summed E-state index contributed by atoms with van der Waals surface area (Å²) in [6.07, 6.45) is 0.813. The first-order valence-electron chi connectivity index (χ1n) is 8.72. The molecule has 0 saturated carbocycles. The van der Waals surface area contributed by atoms with E-state index < -0.39 is 31.6 Å². The summed E-state index contributed by atoms with van der Waals surface area (Å²) in [4.78, 5) is 25.0. The zero-order chi connectivity index (χ0) is 18.9. The van der Waals surface area contributed by atoms with Gasteiger partial charge >= 0.3 is 157 Å². The maximum absolute atomic E-state index is 12.5. The third-order valence-electron chi connectivity index (χ3n) is 4.73. The molecule has 7 nitrogen and oxygen atoms in total. The van der Waals surface area contributed by atoms with Crippen LogP contribution in [0.25, 0.3) is 0 Å². The van der Waals surface area contributed by atoms with Gasteiger partial charge in [0.15, 0.2) is 0 Å². The third-order valence-corrected chi connectivity index (χ3v) is 7.94. The summed E-state index contributed by atoms with van der Waals surface area (Å²) in [5.41, 5.74) is 1.93. The van der Waals surface area contributed by atoms with Gasteiger partial charge in [0.25, 0.3) is 0 Å². The van der Waals surface area contributed by atoms with E-state index in [1.807, 2.05) is 60.7 Å². The van der Waals surface area contributed by atoms with Crippen LogP contribution in [-0.4, -0.2) is 31.1 Å². The third kappa shape index (κ3) is 3.35. The number of carbonyl (C=O) groups excluding carboxylic acids is 2. The van der Waals surface area contributed by atoms with Gasteiger partial charge in [0.2, 0.25) is 0 Å². The molecule has 2 heterocycles. The molecule has 1 spiro atoms. The van der Waals surface area contributed by atoms with Crippen molar-refractivity contribution in [1.82, 2.24) is 10.2 Å². The second kappa shape index (κ2) is 6.69. The minimum absolute atomic E-state index is 0.406. The summed E-state index contributed by atoms with van der Waals surface area (Å²) in [6, 6.07) is 17.8. The van der Waals surface area contributed by atoms with E-state index in [0.29, 0.717) is 12.8 Å². The van der Waals surface area contributed by atoms with E-state index in [9.17, 15) is 9.59 Å². The van der Waals surface area contributed by atoms with Crippen LogP contribution in [0.1, 0.15) is 11.1 Å². The molecule has 8 heteroatoms. The molecule has 2 N–H and O–H groups in total. The van der Waals surface area contributed by atoms with Gasteiger partial charge in [0.1, 0.15) is 0 Å². The topological polar surface area (TPSA) is 85.9 Å². The van der Waals surface area contributed by atoms with E-state index in [-0.39, 0.29) is 0 Å². The first-order chi connectivity index (χ1) is 13.0. The summed E-state index contributed by atoms with van der Waals surface area (Å²) in [5.74, 6) is -1.00. The van der Waals surface area contributed by atoms with Gasteiger partial charge < -0.3 is 0 Å². The van der Waals surface area contributed by atoms with E-state index >= 15 is 0 Å². The number of carbonyl (C=O) groups is 2. The number of hydrogen-bond acceptors (Lipinski definition) is 7. The van der Waals surface area contributed by atoms with Crippen molar-refractivity contribution in [2.24, 2.45) is 0 Å². The van der Waals surface area contributed by atoms with Crippen molar-refractivity contribution in [3.63, 3.8) is 0 Å². The predicted octanol–water partition coefficient (Wildman–Crippen LogP) is 2.28. The Morgan fingerprint density at radius 3 is 1.59 bits per heavy atom. The second-order valence-corrected chi connectivity index (χ2v) is 9.64. The Morgan fingerprint density at radius 2 is 1.22 bits per heavy atom. The molecule has 2 aromatic rings. The first kappa shape index (κ1) is 18.1. The molecular formula is C19H21N2O5P. The quantitative estimate of drug-likeness (QED) is 0.760. The molecule has 0 bridgehead atoms. The van der Waals surface area contributed by atoms with Crippen molar-refractivity contribution in [3.8, 4) is 0 Å². The monoisotopic (exact) mass is 388 g/mol. The van der Waals surface area contributed by atoms with Crippen molar-refractivity contribution in [3.05, 3.63) is 71.8 Å². The molecule has 0 aromatic heterocycles. The summed E-state index contributed by atoms with van der Waals surface area (Å²) in [7, 11) is -2.87. The SMILES string of the molecule is COP12(N[C@@H](Cc3ccccc3)C(=O)O1)N[C@@H](Cc1ccccc1)C(=O)O2. The summed E-state index contributed by atoms with van der Waals surface area (Å²) in [6.45, 7) is 0. The van der Waals surface area contributed by atoms with Gasteiger partial charge in [-0.15, -0.1) is 0 Å². The molecule has 0 radical (unpaired) electrons. The minimum atomic E-state index is -4.24. The number of hydrogen-bond donors (Lipinski definition) is 2. The molecule has 2 saturated heterocycles. The Labute approximate surface area is 157 Å². The molecule has 0 unspecified atom stereocenters. The van der Waals surface area contributed by atoms with Gasteiger partial charge in [-0.25, -0.2) is 0 Å². The van der Waals surface area contributed by atoms with Crippen molar-refractivity contribution in [2.45, 2.75) is 24.9 Å². The van der Waals surface area contributed by atoms with Crippen LogP contribution in [0, 0.1) is 0 Å². The molecule has 4 rings (SSSR count). The molecule has 27 heavy (non-hydrogen) atoms. The predicted molar refractivity (Wildman–Crippen MR) is 100 cm³/mol. The Morgan fingerprint density at radius 1 is 0.815 bits per heavy atom. The summed E-state index contributed by atoms with van der Waals surface area (Å²) in [5, 5.41) is 6.11. The van der Waals surface area contributed by atoms with Crippen LogP contribution in [0.4, 0.5) is 0 Å². The standard InChI is InChI=1S/C19H21N2O5P/c1-24-27(20-16(18(22)25-27)12-14-8-4-2-5-9-14)21-17(19(23)26-27)13-15-10-6-3-7-11-15/h2-11,16-17,20-21H,12-13H2,1H3/t16-,17-/m0/s1. The maximum atomic E-state index is 12.5. The molecule has 0 aliphatic carbocycles. The van der Waals surface area contributed by atoms with Gasteiger partial charge in [-0.2, -0.15) is 0 Å². The fourth-order valence-corrected chi connectivity index (χ4v) is 6.46. The first-order valence-corrected chi connectivity index (χ1v) is 10.7. The number of nitrogens with one attached hydrogen (secondary N) is 2. The molecule has 142 valence electrons. The Hall–Kier alpha value is -2.31. The summed E-state index contributed by atoms with van der Waals surface area (Å²) >= 11 is 0. The van der Waals surface area contributed by atoms with Crippen LogP contribution in [0.3, 0.4) is 0 Å². The van der Waals surface area contributed by atoms with Gasteiger partial charge in [0.05, 0.1) is 0 Å². The van der Waals surface area contributed by atoms with Gasteiger partial charge in [-0.3, -0.25) is 0 Å². The van der Waals surface area contributed by atoms with E-state index in [4.69, 9.17) is 13.6 Å². The summed E-state index contributed by atoms with van der Waals surface area (Å²) < 4.78 is 16.7. The van der Waals surface area contributed by atoms with Crippen molar-refractivity contribution in [1.29, 1.82) is 0 Å². The van der Waals surface area contributed by atoms with Crippen LogP contribution >= 0.6 is 7.59 Å². The average molecular weight is 388 g/mol. The molecular weight excluding hydrogens is 367 g/mol. The second-order valence-electron chi connectivity index (χ2n) is 6.63. The zero-order valence-corrected chi connectivity index (χ0v) is 15.7. The van der Waals surface area contributed by atoms with Crippen LogP contribution in [0.5, 0.6) is 0 Å². The number of benzene rings is 2. The fraction of sp³-hybridized carbons (Fsp3) is 0.263.